The minimum Gasteiger partial charge on any atom is -0.477 e. The Labute approximate surface area is 130 Å². The Morgan fingerprint density at radius 1 is 1.41 bits per heavy atom. The summed E-state index contributed by atoms with van der Waals surface area (Å²) in [4.78, 5) is 23.9. The first-order chi connectivity index (χ1) is 10.6. The van der Waals surface area contributed by atoms with Gasteiger partial charge in [0.1, 0.15) is 0 Å². The fourth-order valence-corrected chi connectivity index (χ4v) is 2.35. The SMILES string of the molecule is Cc1ccc(/C=N/NC(=O)COc2ccccc2[N+](=O)[O-])s1. The molecule has 1 heterocycles. The second-order valence-corrected chi connectivity index (χ2v) is 5.57. The number of hydrazone groups is 1. The van der Waals surface area contributed by atoms with Crippen LogP contribution in [0.4, 0.5) is 5.69 Å². The van der Waals surface area contributed by atoms with Crippen LogP contribution in [-0.2, 0) is 4.79 Å². The highest BCUT2D eigenvalue weighted by Crippen LogP contribution is 2.25. The van der Waals surface area contributed by atoms with Crippen LogP contribution in [0.1, 0.15) is 9.75 Å². The van der Waals surface area contributed by atoms with Crippen molar-refractivity contribution in [3.05, 3.63) is 56.3 Å². The summed E-state index contributed by atoms with van der Waals surface area (Å²) in [6.45, 7) is 1.62. The molecule has 114 valence electrons. The van der Waals surface area contributed by atoms with Crippen LogP contribution < -0.4 is 10.2 Å². The Kier molecular flexibility index (Phi) is 5.21. The van der Waals surface area contributed by atoms with Gasteiger partial charge in [0, 0.05) is 15.8 Å². The summed E-state index contributed by atoms with van der Waals surface area (Å²) in [6, 6.07) is 9.70. The van der Waals surface area contributed by atoms with Crippen LogP contribution in [-0.4, -0.2) is 23.7 Å². The van der Waals surface area contributed by atoms with Crippen LogP contribution in [0.5, 0.6) is 5.75 Å². The van der Waals surface area contributed by atoms with E-state index >= 15 is 0 Å². The van der Waals surface area contributed by atoms with Gasteiger partial charge in [-0.2, -0.15) is 5.10 Å². The minimum absolute atomic E-state index is 0.0421. The number of nitro benzene ring substituents is 1. The van der Waals surface area contributed by atoms with Gasteiger partial charge in [-0.3, -0.25) is 14.9 Å². The molecule has 22 heavy (non-hydrogen) atoms. The minimum atomic E-state index is -0.565. The summed E-state index contributed by atoms with van der Waals surface area (Å²) in [5, 5.41) is 14.6. The number of hydrogen-bond donors (Lipinski definition) is 1. The van der Waals surface area contributed by atoms with Gasteiger partial charge in [-0.25, -0.2) is 5.43 Å². The molecule has 0 fully saturated rings. The van der Waals surface area contributed by atoms with E-state index in [9.17, 15) is 14.9 Å². The van der Waals surface area contributed by atoms with Crippen molar-refractivity contribution in [2.75, 3.05) is 6.61 Å². The normalized spacial score (nSPS) is 10.6. The van der Waals surface area contributed by atoms with E-state index in [1.165, 1.54) is 24.4 Å². The summed E-state index contributed by atoms with van der Waals surface area (Å²) in [5.74, 6) is -0.455. The van der Waals surface area contributed by atoms with E-state index in [4.69, 9.17) is 4.74 Å². The number of nitro groups is 1. The topological polar surface area (TPSA) is 93.8 Å². The Hall–Kier alpha value is -2.74. The molecule has 2 aromatic rings. The van der Waals surface area contributed by atoms with Crippen molar-refractivity contribution < 1.29 is 14.5 Å². The highest BCUT2D eigenvalue weighted by molar-refractivity contribution is 7.13. The molecule has 0 bridgehead atoms. The Balaban J connectivity index is 1.85. The molecule has 0 spiro atoms. The number of rotatable bonds is 6. The van der Waals surface area contributed by atoms with Crippen LogP contribution in [0.2, 0.25) is 0 Å². The molecule has 0 aliphatic rings. The molecule has 2 rings (SSSR count). The molecular weight excluding hydrogens is 306 g/mol. The highest BCUT2D eigenvalue weighted by Gasteiger charge is 2.14. The molecule has 1 aromatic heterocycles. The molecule has 0 saturated carbocycles. The van der Waals surface area contributed by atoms with Crippen molar-refractivity contribution in [2.24, 2.45) is 5.10 Å². The zero-order valence-corrected chi connectivity index (χ0v) is 12.5. The maximum atomic E-state index is 11.6. The standard InChI is InChI=1S/C14H13N3O4S/c1-10-6-7-11(22-10)8-15-16-14(18)9-21-13-5-3-2-4-12(13)17(19)20/h2-8H,9H2,1H3,(H,16,18)/b15-8+. The van der Waals surface area contributed by atoms with Gasteiger partial charge in [-0.1, -0.05) is 12.1 Å². The van der Waals surface area contributed by atoms with E-state index in [1.807, 2.05) is 19.1 Å². The number of carbonyl (C=O) groups is 1. The van der Waals surface area contributed by atoms with Gasteiger partial charge in [0.25, 0.3) is 5.91 Å². The number of carbonyl (C=O) groups excluding carboxylic acids is 1. The molecule has 0 unspecified atom stereocenters. The number of aryl methyl sites for hydroxylation is 1. The first-order valence-corrected chi connectivity index (χ1v) is 7.12. The fraction of sp³-hybridized carbons (Fsp3) is 0.143. The van der Waals surface area contributed by atoms with Gasteiger partial charge in [-0.15, -0.1) is 11.3 Å². The van der Waals surface area contributed by atoms with Crippen molar-refractivity contribution in [1.29, 1.82) is 0 Å². The van der Waals surface area contributed by atoms with Crippen LogP contribution in [0.3, 0.4) is 0 Å². The van der Waals surface area contributed by atoms with Gasteiger partial charge in [0.2, 0.25) is 0 Å². The number of amides is 1. The number of hydrogen-bond acceptors (Lipinski definition) is 6. The second kappa shape index (κ2) is 7.32. The predicted octanol–water partition coefficient (Wildman–Crippen LogP) is 2.49. The molecule has 0 saturated heterocycles. The van der Waals surface area contributed by atoms with Gasteiger partial charge < -0.3 is 4.74 Å². The van der Waals surface area contributed by atoms with Gasteiger partial charge >= 0.3 is 5.69 Å². The molecule has 1 aromatic carbocycles. The zero-order valence-electron chi connectivity index (χ0n) is 11.7. The van der Waals surface area contributed by atoms with Crippen molar-refractivity contribution in [2.45, 2.75) is 6.92 Å². The Morgan fingerprint density at radius 3 is 2.86 bits per heavy atom. The lowest BCUT2D eigenvalue weighted by Gasteiger charge is -2.05. The van der Waals surface area contributed by atoms with Crippen molar-refractivity contribution in [1.82, 2.24) is 5.43 Å². The number of thiophene rings is 1. The Bertz CT molecular complexity index is 712. The lowest BCUT2D eigenvalue weighted by molar-refractivity contribution is -0.385. The largest absolute Gasteiger partial charge is 0.477 e. The summed E-state index contributed by atoms with van der Waals surface area (Å²) in [6.07, 6.45) is 1.53. The third-order valence-electron chi connectivity index (χ3n) is 2.56. The number of ether oxygens (including phenoxy) is 1. The van der Waals surface area contributed by atoms with E-state index in [1.54, 1.807) is 17.4 Å². The number of para-hydroxylation sites is 2. The van der Waals surface area contributed by atoms with Crippen LogP contribution in [0, 0.1) is 17.0 Å². The van der Waals surface area contributed by atoms with E-state index in [0.29, 0.717) is 0 Å². The maximum absolute atomic E-state index is 11.6. The monoisotopic (exact) mass is 319 g/mol. The fourth-order valence-electron chi connectivity index (χ4n) is 1.60. The molecule has 0 radical (unpaired) electrons. The van der Waals surface area contributed by atoms with E-state index in [2.05, 4.69) is 10.5 Å². The zero-order chi connectivity index (χ0) is 15.9. The highest BCUT2D eigenvalue weighted by atomic mass is 32.1. The molecule has 0 aliphatic carbocycles. The Morgan fingerprint density at radius 2 is 2.18 bits per heavy atom. The smallest absolute Gasteiger partial charge is 0.310 e. The predicted molar refractivity (Wildman–Crippen MR) is 83.4 cm³/mol. The quantitative estimate of drug-likeness (QED) is 0.503. The lowest BCUT2D eigenvalue weighted by atomic mass is 10.3. The third kappa shape index (κ3) is 4.38. The van der Waals surface area contributed by atoms with Gasteiger partial charge in [0.05, 0.1) is 11.1 Å². The molecule has 1 N–H and O–H groups in total. The number of nitrogens with one attached hydrogen (secondary N) is 1. The third-order valence-corrected chi connectivity index (χ3v) is 3.50. The molecular formula is C14H13N3O4S. The summed E-state index contributed by atoms with van der Waals surface area (Å²) in [7, 11) is 0. The molecule has 0 aliphatic heterocycles. The maximum Gasteiger partial charge on any atom is 0.310 e. The molecule has 8 heteroatoms. The molecule has 1 amide bonds. The summed E-state index contributed by atoms with van der Waals surface area (Å²) < 4.78 is 5.14. The van der Waals surface area contributed by atoms with Crippen LogP contribution >= 0.6 is 11.3 Å². The molecule has 7 nitrogen and oxygen atoms in total. The second-order valence-electron chi connectivity index (χ2n) is 4.26. The van der Waals surface area contributed by atoms with Crippen molar-refractivity contribution in [3.63, 3.8) is 0 Å². The summed E-state index contributed by atoms with van der Waals surface area (Å²) >= 11 is 1.55. The van der Waals surface area contributed by atoms with E-state index in [-0.39, 0.29) is 18.0 Å². The lowest BCUT2D eigenvalue weighted by Crippen LogP contribution is -2.24. The van der Waals surface area contributed by atoms with Crippen LogP contribution in [0.15, 0.2) is 41.5 Å². The van der Waals surface area contributed by atoms with Crippen molar-refractivity contribution in [3.8, 4) is 5.75 Å². The molecule has 0 atom stereocenters. The van der Waals surface area contributed by atoms with E-state index < -0.39 is 10.8 Å². The first-order valence-electron chi connectivity index (χ1n) is 6.31. The first kappa shape index (κ1) is 15.6. The summed E-state index contributed by atoms with van der Waals surface area (Å²) in [5.41, 5.74) is 2.11. The van der Waals surface area contributed by atoms with Gasteiger partial charge in [0.15, 0.2) is 12.4 Å². The van der Waals surface area contributed by atoms with E-state index in [0.717, 1.165) is 9.75 Å². The van der Waals surface area contributed by atoms with Crippen LogP contribution in [0.25, 0.3) is 0 Å². The average Bonchev–Trinajstić information content (AvgIpc) is 2.91. The van der Waals surface area contributed by atoms with Gasteiger partial charge in [-0.05, 0) is 25.1 Å². The average molecular weight is 319 g/mol. The number of nitrogens with zero attached hydrogens (tertiary/aromatic N) is 2. The number of benzene rings is 1. The van der Waals surface area contributed by atoms with Crippen molar-refractivity contribution >= 4 is 29.1 Å².